The summed E-state index contributed by atoms with van der Waals surface area (Å²) in [6.07, 6.45) is 6.94. The first-order chi connectivity index (χ1) is 10.6. The molecule has 0 saturated carbocycles. The minimum absolute atomic E-state index is 0.0828. The molecule has 4 heterocycles. The number of hydrogen-bond acceptors (Lipinski definition) is 5. The van der Waals surface area contributed by atoms with Crippen LogP contribution < -0.4 is 0 Å². The molecule has 4 rings (SSSR count). The van der Waals surface area contributed by atoms with E-state index < -0.39 is 5.97 Å². The van der Waals surface area contributed by atoms with Crippen molar-refractivity contribution in [3.8, 4) is 0 Å². The Labute approximate surface area is 132 Å². The summed E-state index contributed by atoms with van der Waals surface area (Å²) in [7, 11) is 0. The lowest BCUT2D eigenvalue weighted by Gasteiger charge is -2.37. The minimum atomic E-state index is -1.05. The van der Waals surface area contributed by atoms with Gasteiger partial charge in [-0.1, -0.05) is 6.42 Å². The maximum atomic E-state index is 12.2. The Kier molecular flexibility index (Phi) is 3.34. The number of rotatable bonds is 2. The lowest BCUT2D eigenvalue weighted by atomic mass is 10.0. The fourth-order valence-corrected chi connectivity index (χ4v) is 4.57. The number of carboxylic acids is 1. The highest BCUT2D eigenvalue weighted by atomic mass is 32.2. The van der Waals surface area contributed by atoms with E-state index in [2.05, 4.69) is 4.90 Å². The van der Waals surface area contributed by atoms with E-state index >= 15 is 0 Å². The number of carboxylic acid groups (broad SMARTS) is 1. The van der Waals surface area contributed by atoms with E-state index in [1.165, 1.54) is 35.9 Å². The van der Waals surface area contributed by atoms with E-state index in [-0.39, 0.29) is 23.1 Å². The average molecular weight is 319 g/mol. The van der Waals surface area contributed by atoms with Crippen LogP contribution in [0.4, 0.5) is 0 Å². The number of carbonyl (C=O) groups is 2. The zero-order chi connectivity index (χ0) is 15.3. The smallest absolute Gasteiger partial charge is 0.353 e. The molecule has 0 spiro atoms. The van der Waals surface area contributed by atoms with Crippen LogP contribution >= 0.6 is 11.8 Å². The largest absolute Gasteiger partial charge is 0.477 e. The molecule has 0 aromatic heterocycles. The van der Waals surface area contributed by atoms with Crippen molar-refractivity contribution < 1.29 is 14.7 Å². The van der Waals surface area contributed by atoms with Crippen molar-refractivity contribution in [2.75, 3.05) is 13.1 Å². The SMILES string of the molecule is O=C(O)C1=CSC2C(=CC3=NC4CCCCCN4C3)C(=O)N12. The van der Waals surface area contributed by atoms with Crippen molar-refractivity contribution in [3.05, 3.63) is 22.8 Å². The number of hydrogen-bond donors (Lipinski definition) is 1. The van der Waals surface area contributed by atoms with Gasteiger partial charge in [0.1, 0.15) is 17.2 Å². The maximum absolute atomic E-state index is 12.2. The molecule has 6 nitrogen and oxygen atoms in total. The summed E-state index contributed by atoms with van der Waals surface area (Å²) < 4.78 is 0. The molecule has 1 amide bonds. The highest BCUT2D eigenvalue weighted by Gasteiger charge is 2.49. The molecule has 4 aliphatic rings. The lowest BCUT2D eigenvalue weighted by molar-refractivity contribution is -0.141. The highest BCUT2D eigenvalue weighted by Crippen LogP contribution is 2.44. The van der Waals surface area contributed by atoms with E-state index in [1.54, 1.807) is 5.41 Å². The first-order valence-corrected chi connectivity index (χ1v) is 8.54. The summed E-state index contributed by atoms with van der Waals surface area (Å²) >= 11 is 1.38. The van der Waals surface area contributed by atoms with Gasteiger partial charge >= 0.3 is 5.97 Å². The summed E-state index contributed by atoms with van der Waals surface area (Å²) in [5.41, 5.74) is 1.72. The zero-order valence-corrected chi connectivity index (χ0v) is 12.9. The molecule has 2 atom stereocenters. The molecule has 2 fully saturated rings. The van der Waals surface area contributed by atoms with E-state index in [9.17, 15) is 9.59 Å². The van der Waals surface area contributed by atoms with Gasteiger partial charge in [-0.3, -0.25) is 19.6 Å². The molecular formula is C15H17N3O3S. The standard InChI is InChI=1S/C15H17N3O3S/c19-13-10(14-18(13)11(8-22-14)15(20)21)6-9-7-17-5-3-1-2-4-12(17)16-9/h6,8,12,14H,1-5,7H2,(H,20,21). The van der Waals surface area contributed by atoms with E-state index in [4.69, 9.17) is 10.1 Å². The average Bonchev–Trinajstić information content (AvgIpc) is 3.00. The van der Waals surface area contributed by atoms with Crippen LogP contribution in [0.25, 0.3) is 0 Å². The molecule has 2 unspecified atom stereocenters. The van der Waals surface area contributed by atoms with Crippen LogP contribution in [-0.4, -0.2) is 57.1 Å². The molecule has 1 N–H and O–H groups in total. The Hall–Kier alpha value is -1.60. The highest BCUT2D eigenvalue weighted by molar-refractivity contribution is 8.03. The molecule has 116 valence electrons. The normalized spacial score (nSPS) is 33.0. The minimum Gasteiger partial charge on any atom is -0.477 e. The van der Waals surface area contributed by atoms with Gasteiger partial charge in [-0.25, -0.2) is 4.79 Å². The molecule has 0 radical (unpaired) electrons. The quantitative estimate of drug-likeness (QED) is 0.615. The summed E-state index contributed by atoms with van der Waals surface area (Å²) in [4.78, 5) is 31.7. The summed E-state index contributed by atoms with van der Waals surface area (Å²) in [6.45, 7) is 1.88. The molecule has 7 heteroatoms. The van der Waals surface area contributed by atoms with E-state index in [1.807, 2.05) is 6.08 Å². The number of amides is 1. The van der Waals surface area contributed by atoms with Crippen LogP contribution in [0.2, 0.25) is 0 Å². The van der Waals surface area contributed by atoms with Crippen molar-refractivity contribution in [2.45, 2.75) is 37.2 Å². The number of aliphatic imine (C=N–C) groups is 1. The molecule has 0 aromatic carbocycles. The van der Waals surface area contributed by atoms with Crippen LogP contribution in [0, 0.1) is 0 Å². The van der Waals surface area contributed by atoms with Crippen LogP contribution in [0.1, 0.15) is 25.7 Å². The Bertz CT molecular complexity index is 640. The molecule has 22 heavy (non-hydrogen) atoms. The fraction of sp³-hybridized carbons (Fsp3) is 0.533. The second-order valence-corrected chi connectivity index (χ2v) is 6.95. The predicted octanol–water partition coefficient (Wildman–Crippen LogP) is 1.41. The van der Waals surface area contributed by atoms with Gasteiger partial charge in [0.05, 0.1) is 11.3 Å². The summed E-state index contributed by atoms with van der Waals surface area (Å²) in [6, 6.07) is 0. The summed E-state index contributed by atoms with van der Waals surface area (Å²) in [5.74, 6) is -1.25. The Balaban J connectivity index is 1.50. The monoisotopic (exact) mass is 319 g/mol. The Morgan fingerprint density at radius 2 is 2.27 bits per heavy atom. The first-order valence-electron chi connectivity index (χ1n) is 7.60. The van der Waals surface area contributed by atoms with E-state index in [0.717, 1.165) is 25.2 Å². The van der Waals surface area contributed by atoms with Gasteiger partial charge in [0, 0.05) is 18.5 Å². The number of β-lactam (4-membered cyclic amide) rings is 1. The van der Waals surface area contributed by atoms with Crippen molar-refractivity contribution in [1.29, 1.82) is 0 Å². The van der Waals surface area contributed by atoms with Crippen molar-refractivity contribution >= 4 is 29.4 Å². The molecule has 0 bridgehead atoms. The third-order valence-electron chi connectivity index (χ3n) is 4.58. The van der Waals surface area contributed by atoms with Gasteiger partial charge in [0.2, 0.25) is 0 Å². The fourth-order valence-electron chi connectivity index (χ4n) is 3.45. The van der Waals surface area contributed by atoms with Gasteiger partial charge in [0.25, 0.3) is 5.91 Å². The van der Waals surface area contributed by atoms with Gasteiger partial charge in [-0.15, -0.1) is 11.8 Å². The number of thioether (sulfide) groups is 1. The lowest BCUT2D eigenvalue weighted by Crippen LogP contribution is -2.51. The van der Waals surface area contributed by atoms with Crippen LogP contribution in [-0.2, 0) is 9.59 Å². The second kappa shape index (κ2) is 5.24. The number of aliphatic carboxylic acids is 1. The Morgan fingerprint density at radius 1 is 1.41 bits per heavy atom. The number of nitrogens with zero attached hydrogens (tertiary/aromatic N) is 3. The molecular weight excluding hydrogens is 302 g/mol. The van der Waals surface area contributed by atoms with E-state index in [0.29, 0.717) is 5.57 Å². The third-order valence-corrected chi connectivity index (χ3v) is 5.67. The Morgan fingerprint density at radius 3 is 3.09 bits per heavy atom. The maximum Gasteiger partial charge on any atom is 0.353 e. The molecule has 4 aliphatic heterocycles. The first kappa shape index (κ1) is 14.0. The van der Waals surface area contributed by atoms with Crippen molar-refractivity contribution in [3.63, 3.8) is 0 Å². The third kappa shape index (κ3) is 2.11. The van der Waals surface area contributed by atoms with Crippen molar-refractivity contribution in [1.82, 2.24) is 9.80 Å². The van der Waals surface area contributed by atoms with Gasteiger partial charge in [-0.05, 0) is 25.3 Å². The van der Waals surface area contributed by atoms with Gasteiger partial charge < -0.3 is 5.11 Å². The van der Waals surface area contributed by atoms with Crippen molar-refractivity contribution in [2.24, 2.45) is 4.99 Å². The van der Waals surface area contributed by atoms with Gasteiger partial charge in [-0.2, -0.15) is 0 Å². The predicted molar refractivity (Wildman–Crippen MR) is 83.3 cm³/mol. The molecule has 0 aliphatic carbocycles. The van der Waals surface area contributed by atoms with Crippen LogP contribution in [0.15, 0.2) is 27.7 Å². The molecule has 2 saturated heterocycles. The number of fused-ring (bicyclic) bond motifs is 2. The van der Waals surface area contributed by atoms with Gasteiger partial charge in [0.15, 0.2) is 0 Å². The number of carbonyl (C=O) groups excluding carboxylic acids is 1. The summed E-state index contributed by atoms with van der Waals surface area (Å²) in [5, 5.41) is 10.4. The second-order valence-electron chi connectivity index (χ2n) is 5.99. The van der Waals surface area contributed by atoms with Crippen LogP contribution in [0.3, 0.4) is 0 Å². The zero-order valence-electron chi connectivity index (χ0n) is 12.1. The topological polar surface area (TPSA) is 73.2 Å². The van der Waals surface area contributed by atoms with Crippen LogP contribution in [0.5, 0.6) is 0 Å². The molecule has 0 aromatic rings.